The molecule has 0 aliphatic heterocycles. The van der Waals surface area contributed by atoms with Gasteiger partial charge in [-0.25, -0.2) is 0 Å². The molecule has 0 bridgehead atoms. The van der Waals surface area contributed by atoms with E-state index >= 15 is 0 Å². The van der Waals surface area contributed by atoms with E-state index in [1.54, 1.807) is 0 Å². The second-order valence-corrected chi connectivity index (χ2v) is 5.89. The van der Waals surface area contributed by atoms with Crippen molar-refractivity contribution in [3.8, 4) is 0 Å². The van der Waals surface area contributed by atoms with E-state index in [0.29, 0.717) is 11.3 Å². The third-order valence-electron chi connectivity index (χ3n) is 3.16. The van der Waals surface area contributed by atoms with Crippen molar-refractivity contribution in [3.05, 3.63) is 35.4 Å². The Morgan fingerprint density at radius 3 is 2.31 bits per heavy atom. The highest BCUT2D eigenvalue weighted by Crippen LogP contribution is 2.29. The SMILES string of the molecule is Cc1ccccc1C(CN)CCC(C)(C)C. The van der Waals surface area contributed by atoms with E-state index < -0.39 is 0 Å². The molecule has 0 saturated heterocycles. The minimum atomic E-state index is 0.399. The summed E-state index contributed by atoms with van der Waals surface area (Å²) in [5.74, 6) is 0.514. The fourth-order valence-corrected chi connectivity index (χ4v) is 2.05. The Morgan fingerprint density at radius 1 is 1.19 bits per heavy atom. The van der Waals surface area contributed by atoms with Crippen molar-refractivity contribution in [1.29, 1.82) is 0 Å². The highest BCUT2D eigenvalue weighted by Gasteiger charge is 2.16. The van der Waals surface area contributed by atoms with Gasteiger partial charge >= 0.3 is 0 Å². The zero-order valence-electron chi connectivity index (χ0n) is 11.1. The highest BCUT2D eigenvalue weighted by atomic mass is 14.5. The molecular weight excluding hydrogens is 194 g/mol. The van der Waals surface area contributed by atoms with E-state index in [1.165, 1.54) is 24.0 Å². The fraction of sp³-hybridized carbons (Fsp3) is 0.600. The molecule has 0 spiro atoms. The van der Waals surface area contributed by atoms with Crippen LogP contribution in [0, 0.1) is 12.3 Å². The summed E-state index contributed by atoms with van der Waals surface area (Å²) in [6, 6.07) is 8.60. The second-order valence-electron chi connectivity index (χ2n) is 5.89. The van der Waals surface area contributed by atoms with Crippen molar-refractivity contribution in [2.45, 2.75) is 46.5 Å². The van der Waals surface area contributed by atoms with Gasteiger partial charge in [-0.3, -0.25) is 0 Å². The molecule has 1 rings (SSSR count). The lowest BCUT2D eigenvalue weighted by Crippen LogP contribution is -2.16. The number of hydrogen-bond acceptors (Lipinski definition) is 1. The molecule has 1 atom stereocenters. The number of benzene rings is 1. The Morgan fingerprint density at radius 2 is 1.81 bits per heavy atom. The maximum Gasteiger partial charge on any atom is -0.000813 e. The second kappa shape index (κ2) is 5.49. The van der Waals surface area contributed by atoms with Crippen LogP contribution in [0.25, 0.3) is 0 Å². The summed E-state index contributed by atoms with van der Waals surface area (Å²) in [6.45, 7) is 9.80. The van der Waals surface area contributed by atoms with Crippen molar-refractivity contribution in [3.63, 3.8) is 0 Å². The van der Waals surface area contributed by atoms with Crippen molar-refractivity contribution in [2.75, 3.05) is 6.54 Å². The minimum absolute atomic E-state index is 0.399. The van der Waals surface area contributed by atoms with Crippen LogP contribution >= 0.6 is 0 Å². The molecule has 0 saturated carbocycles. The van der Waals surface area contributed by atoms with Crippen molar-refractivity contribution in [2.24, 2.45) is 11.1 Å². The van der Waals surface area contributed by atoms with Crippen LogP contribution < -0.4 is 5.73 Å². The normalized spacial score (nSPS) is 13.8. The van der Waals surface area contributed by atoms with E-state index in [1.807, 2.05) is 0 Å². The quantitative estimate of drug-likeness (QED) is 0.817. The molecule has 90 valence electrons. The summed E-state index contributed by atoms with van der Waals surface area (Å²) >= 11 is 0. The number of nitrogens with two attached hydrogens (primary N) is 1. The van der Waals surface area contributed by atoms with Crippen molar-refractivity contribution >= 4 is 0 Å². The van der Waals surface area contributed by atoms with Crippen LogP contribution in [0.15, 0.2) is 24.3 Å². The number of aryl methyl sites for hydroxylation is 1. The molecule has 1 nitrogen and oxygen atoms in total. The van der Waals surface area contributed by atoms with Gasteiger partial charge in [0, 0.05) is 0 Å². The van der Waals surface area contributed by atoms with Gasteiger partial charge in [0.15, 0.2) is 0 Å². The van der Waals surface area contributed by atoms with E-state index in [0.717, 1.165) is 6.54 Å². The molecule has 0 aliphatic rings. The predicted molar refractivity (Wildman–Crippen MR) is 71.7 cm³/mol. The molecule has 0 radical (unpaired) electrons. The number of rotatable bonds is 4. The summed E-state index contributed by atoms with van der Waals surface area (Å²) in [6.07, 6.45) is 2.41. The lowest BCUT2D eigenvalue weighted by molar-refractivity contribution is 0.349. The average molecular weight is 219 g/mol. The smallest absolute Gasteiger partial charge is 0.000813 e. The summed E-state index contributed by atoms with van der Waals surface area (Å²) in [5, 5.41) is 0. The molecule has 0 amide bonds. The van der Waals surface area contributed by atoms with Crippen LogP contribution in [0.4, 0.5) is 0 Å². The average Bonchev–Trinajstić information content (AvgIpc) is 2.20. The number of hydrogen-bond donors (Lipinski definition) is 1. The first-order valence-electron chi connectivity index (χ1n) is 6.19. The van der Waals surface area contributed by atoms with Crippen LogP contribution in [-0.4, -0.2) is 6.54 Å². The largest absolute Gasteiger partial charge is 0.330 e. The van der Waals surface area contributed by atoms with E-state index in [9.17, 15) is 0 Å². The van der Waals surface area contributed by atoms with E-state index in [-0.39, 0.29) is 0 Å². The van der Waals surface area contributed by atoms with Crippen LogP contribution in [0.1, 0.15) is 50.7 Å². The summed E-state index contributed by atoms with van der Waals surface area (Å²) < 4.78 is 0. The molecule has 0 aromatic heterocycles. The molecule has 2 N–H and O–H groups in total. The topological polar surface area (TPSA) is 26.0 Å². The predicted octanol–water partition coefficient (Wildman–Crippen LogP) is 3.86. The monoisotopic (exact) mass is 219 g/mol. The van der Waals surface area contributed by atoms with Gasteiger partial charge in [0.25, 0.3) is 0 Å². The molecular formula is C15H25N. The van der Waals surface area contributed by atoms with Crippen LogP contribution in [0.3, 0.4) is 0 Å². The van der Waals surface area contributed by atoms with E-state index in [2.05, 4.69) is 52.0 Å². The van der Waals surface area contributed by atoms with Gasteiger partial charge in [0.05, 0.1) is 0 Å². The first-order valence-corrected chi connectivity index (χ1v) is 6.19. The molecule has 1 aromatic carbocycles. The van der Waals surface area contributed by atoms with Gasteiger partial charge in [-0.2, -0.15) is 0 Å². The summed E-state index contributed by atoms with van der Waals surface area (Å²) in [7, 11) is 0. The van der Waals surface area contributed by atoms with Gasteiger partial charge in [0.1, 0.15) is 0 Å². The maximum atomic E-state index is 5.90. The third kappa shape index (κ3) is 3.97. The fourth-order valence-electron chi connectivity index (χ4n) is 2.05. The Bertz CT molecular complexity index is 322. The molecule has 1 aromatic rings. The van der Waals surface area contributed by atoms with Gasteiger partial charge in [0.2, 0.25) is 0 Å². The molecule has 0 fully saturated rings. The lowest BCUT2D eigenvalue weighted by Gasteiger charge is -2.23. The van der Waals surface area contributed by atoms with Gasteiger partial charge < -0.3 is 5.73 Å². The zero-order valence-corrected chi connectivity index (χ0v) is 11.1. The molecule has 16 heavy (non-hydrogen) atoms. The Balaban J connectivity index is 2.72. The molecule has 1 unspecified atom stereocenters. The third-order valence-corrected chi connectivity index (χ3v) is 3.16. The standard InChI is InChI=1S/C15H25N/c1-12-7-5-6-8-14(12)13(11-16)9-10-15(2,3)4/h5-8,13H,9-11,16H2,1-4H3. The van der Waals surface area contributed by atoms with Gasteiger partial charge in [-0.1, -0.05) is 45.0 Å². The van der Waals surface area contributed by atoms with Gasteiger partial charge in [-0.05, 0) is 48.8 Å². The summed E-state index contributed by atoms with van der Waals surface area (Å²) in [5.41, 5.74) is 9.09. The molecule has 0 aliphatic carbocycles. The first kappa shape index (κ1) is 13.2. The van der Waals surface area contributed by atoms with Crippen molar-refractivity contribution < 1.29 is 0 Å². The molecule has 1 heteroatoms. The Kier molecular flexibility index (Phi) is 4.55. The molecule has 0 heterocycles. The van der Waals surface area contributed by atoms with E-state index in [4.69, 9.17) is 5.73 Å². The Labute approximate surface area is 100 Å². The summed E-state index contributed by atoms with van der Waals surface area (Å²) in [4.78, 5) is 0. The highest BCUT2D eigenvalue weighted by molar-refractivity contribution is 5.29. The minimum Gasteiger partial charge on any atom is -0.330 e. The van der Waals surface area contributed by atoms with Crippen LogP contribution in [0.5, 0.6) is 0 Å². The Hall–Kier alpha value is -0.820. The lowest BCUT2D eigenvalue weighted by atomic mass is 9.83. The van der Waals surface area contributed by atoms with Crippen LogP contribution in [-0.2, 0) is 0 Å². The zero-order chi connectivity index (χ0) is 12.2. The van der Waals surface area contributed by atoms with Crippen LogP contribution in [0.2, 0.25) is 0 Å². The first-order chi connectivity index (χ1) is 7.44. The maximum absolute atomic E-state index is 5.90. The van der Waals surface area contributed by atoms with Gasteiger partial charge in [-0.15, -0.1) is 0 Å². The van der Waals surface area contributed by atoms with Crippen molar-refractivity contribution in [1.82, 2.24) is 0 Å².